The number of piperazine rings is 2. The lowest BCUT2D eigenvalue weighted by Gasteiger charge is -2.30. The van der Waals surface area contributed by atoms with Gasteiger partial charge in [-0.25, -0.2) is 0 Å². The first-order chi connectivity index (χ1) is 14.8. The van der Waals surface area contributed by atoms with Gasteiger partial charge in [-0.3, -0.25) is 28.5 Å². The maximum absolute atomic E-state index is 10.7. The van der Waals surface area contributed by atoms with Crippen molar-refractivity contribution < 1.29 is 48.5 Å². The first kappa shape index (κ1) is 28.6. The van der Waals surface area contributed by atoms with E-state index in [1.54, 1.807) is 0 Å². The highest BCUT2D eigenvalue weighted by Crippen LogP contribution is 2.36. The molecule has 2 saturated heterocycles. The Morgan fingerprint density at radius 1 is 0.781 bits per heavy atom. The molecule has 0 unspecified atom stereocenters. The van der Waals surface area contributed by atoms with Crippen LogP contribution in [0.5, 0.6) is 0 Å². The van der Waals surface area contributed by atoms with E-state index in [9.17, 15) is 18.7 Å². The Bertz CT molecular complexity index is 717. The van der Waals surface area contributed by atoms with Crippen molar-refractivity contribution in [1.82, 2.24) is 20.4 Å². The Labute approximate surface area is 184 Å². The second-order valence-electron chi connectivity index (χ2n) is 7.16. The van der Waals surface area contributed by atoms with E-state index in [0.29, 0.717) is 52.4 Å². The fraction of sp³-hybridized carbons (Fsp3) is 0.625. The third-order valence-corrected chi connectivity index (χ3v) is 5.64. The van der Waals surface area contributed by atoms with Crippen molar-refractivity contribution in [3.8, 4) is 0 Å². The van der Waals surface area contributed by atoms with Gasteiger partial charge in [-0.05, 0) is 0 Å². The van der Waals surface area contributed by atoms with Gasteiger partial charge in [0.05, 0.1) is 0 Å². The number of hydrogen-bond acceptors (Lipinski definition) is 8. The summed E-state index contributed by atoms with van der Waals surface area (Å²) in [5, 5.41) is 23.2. The quantitative estimate of drug-likeness (QED) is 0.170. The van der Waals surface area contributed by atoms with Gasteiger partial charge >= 0.3 is 27.1 Å². The second-order valence-corrected chi connectivity index (χ2v) is 10.1. The Morgan fingerprint density at radius 3 is 1.41 bits per heavy atom. The first-order valence-electron chi connectivity index (χ1n) is 9.60. The average Bonchev–Trinajstić information content (AvgIpc) is 2.67. The molecule has 8 N–H and O–H groups in total. The molecule has 0 aromatic carbocycles. The largest absolute Gasteiger partial charge is 0.480 e. The minimum Gasteiger partial charge on any atom is -0.480 e. The van der Waals surface area contributed by atoms with E-state index < -0.39 is 39.2 Å². The van der Waals surface area contributed by atoms with E-state index in [1.165, 1.54) is 12.2 Å². The van der Waals surface area contributed by atoms with Crippen LogP contribution in [0.2, 0.25) is 0 Å². The summed E-state index contributed by atoms with van der Waals surface area (Å²) in [6.45, 7) is 3.79. The summed E-state index contributed by atoms with van der Waals surface area (Å²) in [6.07, 6.45) is 2.73. The lowest BCUT2D eigenvalue weighted by atomic mass is 10.2. The monoisotopic (exact) mass is 500 g/mol. The molecule has 14 nitrogen and oxygen atoms in total. The number of nitrogens with one attached hydrogen (secondary N) is 2. The van der Waals surface area contributed by atoms with E-state index in [0.717, 1.165) is 11.6 Å². The standard InChI is InChI=1S/2C8H15N2O5P/c2*11-8(12)7-6-10(4-2-9-7)3-1-5-16(13,14)15/h2*1,5,7,9H,2-4,6H2,(H,11,12)(H2,13,14,15)/b2*5-1+/t2*7-/m11/s1. The van der Waals surface area contributed by atoms with Crippen molar-refractivity contribution in [2.24, 2.45) is 0 Å². The van der Waals surface area contributed by atoms with Crippen molar-refractivity contribution in [3.63, 3.8) is 0 Å². The topological polar surface area (TPSA) is 220 Å². The zero-order valence-corrected chi connectivity index (χ0v) is 19.0. The van der Waals surface area contributed by atoms with Gasteiger partial charge < -0.3 is 40.4 Å². The highest BCUT2D eigenvalue weighted by atomic mass is 31.2. The van der Waals surface area contributed by atoms with Gasteiger partial charge in [0.15, 0.2) is 0 Å². The molecule has 0 radical (unpaired) electrons. The van der Waals surface area contributed by atoms with Crippen LogP contribution in [0.4, 0.5) is 0 Å². The number of hydrogen-bond donors (Lipinski definition) is 8. The van der Waals surface area contributed by atoms with Crippen LogP contribution in [0.3, 0.4) is 0 Å². The summed E-state index contributed by atoms with van der Waals surface area (Å²) >= 11 is 0. The van der Waals surface area contributed by atoms with Crippen LogP contribution in [-0.4, -0.2) is 116 Å². The molecule has 32 heavy (non-hydrogen) atoms. The predicted molar refractivity (Wildman–Crippen MR) is 114 cm³/mol. The van der Waals surface area contributed by atoms with Crippen molar-refractivity contribution in [2.75, 3.05) is 52.4 Å². The van der Waals surface area contributed by atoms with Crippen molar-refractivity contribution in [2.45, 2.75) is 12.1 Å². The van der Waals surface area contributed by atoms with Gasteiger partial charge in [0, 0.05) is 64.0 Å². The fourth-order valence-corrected chi connectivity index (χ4v) is 3.69. The van der Waals surface area contributed by atoms with Crippen molar-refractivity contribution in [1.29, 1.82) is 0 Å². The normalized spacial score (nSPS) is 23.8. The number of carboxylic acid groups (broad SMARTS) is 2. The molecular formula is C16H30N4O10P2. The molecule has 16 heteroatoms. The average molecular weight is 500 g/mol. The highest BCUT2D eigenvalue weighted by Gasteiger charge is 2.25. The molecule has 0 aliphatic carbocycles. The number of aliphatic carboxylic acids is 2. The summed E-state index contributed by atoms with van der Waals surface area (Å²) in [7, 11) is -8.21. The molecule has 184 valence electrons. The second kappa shape index (κ2) is 13.3. The van der Waals surface area contributed by atoms with Gasteiger partial charge in [0.2, 0.25) is 0 Å². The zero-order valence-electron chi connectivity index (χ0n) is 17.2. The van der Waals surface area contributed by atoms with Crippen molar-refractivity contribution >= 4 is 27.1 Å². The Balaban J connectivity index is 0.000000320. The lowest BCUT2D eigenvalue weighted by molar-refractivity contribution is -0.141. The molecule has 0 aromatic rings. The molecule has 2 heterocycles. The molecule has 2 rings (SSSR count). The zero-order chi connectivity index (χ0) is 24.4. The maximum atomic E-state index is 10.7. The molecule has 2 aliphatic rings. The van der Waals surface area contributed by atoms with E-state index >= 15 is 0 Å². The first-order valence-corrected chi connectivity index (χ1v) is 13.0. The summed E-state index contributed by atoms with van der Waals surface area (Å²) in [5.74, 6) is -0.150. The minimum absolute atomic E-state index is 0.334. The number of carboxylic acids is 2. The lowest BCUT2D eigenvalue weighted by Crippen LogP contribution is -2.54. The van der Waals surface area contributed by atoms with Gasteiger partial charge in [-0.1, -0.05) is 12.2 Å². The van der Waals surface area contributed by atoms with Crippen LogP contribution in [0, 0.1) is 0 Å². The Kier molecular flexibility index (Phi) is 11.9. The summed E-state index contributed by atoms with van der Waals surface area (Å²) in [4.78, 5) is 59.4. The molecule has 2 atom stereocenters. The van der Waals surface area contributed by atoms with Gasteiger partial charge in [-0.15, -0.1) is 0 Å². The highest BCUT2D eigenvalue weighted by molar-refractivity contribution is 7.55. The smallest absolute Gasteiger partial charge is 0.348 e. The van der Waals surface area contributed by atoms with Crippen molar-refractivity contribution in [3.05, 3.63) is 23.8 Å². The summed E-state index contributed by atoms with van der Waals surface area (Å²) < 4.78 is 21.1. The third kappa shape index (κ3) is 13.2. The van der Waals surface area contributed by atoms with Crippen LogP contribution < -0.4 is 10.6 Å². The third-order valence-electron chi connectivity index (χ3n) is 4.44. The molecule has 0 amide bonds. The van der Waals surface area contributed by atoms with Crippen LogP contribution in [0.1, 0.15) is 0 Å². The van der Waals surface area contributed by atoms with Crippen LogP contribution in [-0.2, 0) is 18.7 Å². The number of rotatable bonds is 8. The van der Waals surface area contributed by atoms with Crippen LogP contribution >= 0.6 is 15.2 Å². The SMILES string of the molecule is O=C(O)[C@H]1CN(C/C=C/P(=O)(O)O)CCN1.O=C(O)[C@H]1CN(C/C=C/P(=O)(O)O)CCN1. The van der Waals surface area contributed by atoms with E-state index in [1.807, 2.05) is 9.80 Å². The molecule has 0 bridgehead atoms. The Hall–Kier alpha value is -1.44. The van der Waals surface area contributed by atoms with Crippen LogP contribution in [0.15, 0.2) is 23.8 Å². The maximum Gasteiger partial charge on any atom is 0.348 e. The van der Waals surface area contributed by atoms with Crippen LogP contribution in [0.25, 0.3) is 0 Å². The summed E-state index contributed by atoms with van der Waals surface area (Å²) in [6, 6.07) is -1.23. The molecular weight excluding hydrogens is 470 g/mol. The molecule has 2 fully saturated rings. The molecule has 0 saturated carbocycles. The minimum atomic E-state index is -4.11. The number of carbonyl (C=O) groups is 2. The summed E-state index contributed by atoms with van der Waals surface area (Å²) in [5.41, 5.74) is 0. The van der Waals surface area contributed by atoms with Gasteiger partial charge in [-0.2, -0.15) is 0 Å². The fourth-order valence-electron chi connectivity index (χ4n) is 2.95. The Morgan fingerprint density at radius 2 is 1.12 bits per heavy atom. The van der Waals surface area contributed by atoms with Gasteiger partial charge in [0.25, 0.3) is 0 Å². The molecule has 2 aliphatic heterocycles. The van der Waals surface area contributed by atoms with Gasteiger partial charge in [0.1, 0.15) is 12.1 Å². The predicted octanol–water partition coefficient (Wildman–Crippen LogP) is -1.93. The van der Waals surface area contributed by atoms with E-state index in [4.69, 9.17) is 29.8 Å². The van der Waals surface area contributed by atoms with E-state index in [2.05, 4.69) is 10.6 Å². The molecule has 0 spiro atoms. The molecule has 0 aromatic heterocycles. The number of nitrogens with zero attached hydrogens (tertiary/aromatic N) is 2. The van der Waals surface area contributed by atoms with E-state index in [-0.39, 0.29) is 0 Å².